The normalized spacial score (nSPS) is 10.9. The molecule has 0 aliphatic carbocycles. The van der Waals surface area contributed by atoms with Crippen LogP contribution in [0.5, 0.6) is 11.5 Å². The largest absolute Gasteiger partial charge is 0.493 e. The Morgan fingerprint density at radius 2 is 1.87 bits per heavy atom. The number of primary amides is 2. The van der Waals surface area contributed by atoms with Crippen LogP contribution in [0, 0.1) is 6.92 Å². The molecule has 0 atom stereocenters. The first-order valence-electron chi connectivity index (χ1n) is 9.12. The monoisotopic (exact) mass is 430 g/mol. The third kappa shape index (κ3) is 3.86. The minimum atomic E-state index is -0.608. The third-order valence-electron chi connectivity index (χ3n) is 4.72. The van der Waals surface area contributed by atoms with Crippen LogP contribution in [0.15, 0.2) is 23.0 Å². The van der Waals surface area contributed by atoms with Gasteiger partial charge in [0.15, 0.2) is 11.5 Å². The number of thiophene rings is 1. The smallest absolute Gasteiger partial charge is 0.262 e. The summed E-state index contributed by atoms with van der Waals surface area (Å²) in [7, 11) is 3.04. The van der Waals surface area contributed by atoms with Gasteiger partial charge in [-0.25, -0.2) is 4.98 Å². The number of hydrogen-bond donors (Lipinski definition) is 2. The van der Waals surface area contributed by atoms with Crippen molar-refractivity contribution >= 4 is 33.4 Å². The molecule has 9 nitrogen and oxygen atoms in total. The lowest BCUT2D eigenvalue weighted by Gasteiger charge is -2.14. The molecular weight excluding hydrogens is 408 g/mol. The Bertz CT molecular complexity index is 1200. The zero-order valence-corrected chi connectivity index (χ0v) is 17.7. The second-order valence-corrected chi connectivity index (χ2v) is 7.63. The number of rotatable bonds is 8. The predicted octanol–water partition coefficient (Wildman–Crippen LogP) is 1.82. The zero-order chi connectivity index (χ0) is 22.0. The summed E-state index contributed by atoms with van der Waals surface area (Å²) in [6.45, 7) is 1.90. The Morgan fingerprint density at radius 3 is 2.47 bits per heavy atom. The van der Waals surface area contributed by atoms with Gasteiger partial charge in [0, 0.05) is 18.5 Å². The quantitative estimate of drug-likeness (QED) is 0.559. The first-order valence-corrected chi connectivity index (χ1v) is 9.94. The number of nitrogens with zero attached hydrogens (tertiary/aromatic N) is 2. The van der Waals surface area contributed by atoms with E-state index in [2.05, 4.69) is 4.98 Å². The van der Waals surface area contributed by atoms with E-state index in [9.17, 15) is 14.4 Å². The molecule has 0 fully saturated rings. The fraction of sp³-hybridized carbons (Fsp3) is 0.300. The SMILES string of the molecule is COc1ccc(-c2nc3sc(C(N)=O)c(C)c3c(=O)n2CCCC(N)=O)cc1OC. The van der Waals surface area contributed by atoms with Crippen molar-refractivity contribution in [3.05, 3.63) is 39.0 Å². The average Bonchev–Trinajstić information content (AvgIpc) is 3.05. The first-order chi connectivity index (χ1) is 14.3. The third-order valence-corrected chi connectivity index (χ3v) is 5.92. The number of aryl methyl sites for hydroxylation is 1. The minimum Gasteiger partial charge on any atom is -0.493 e. The Kier molecular flexibility index (Phi) is 6.06. The maximum atomic E-state index is 13.3. The molecule has 0 radical (unpaired) electrons. The molecule has 2 amide bonds. The van der Waals surface area contributed by atoms with Gasteiger partial charge in [-0.1, -0.05) is 0 Å². The molecule has 10 heteroatoms. The van der Waals surface area contributed by atoms with Gasteiger partial charge in [0.25, 0.3) is 11.5 Å². The summed E-state index contributed by atoms with van der Waals surface area (Å²) >= 11 is 1.08. The van der Waals surface area contributed by atoms with E-state index < -0.39 is 11.8 Å². The molecule has 4 N–H and O–H groups in total. The number of benzene rings is 1. The fourth-order valence-electron chi connectivity index (χ4n) is 3.27. The van der Waals surface area contributed by atoms with Crippen LogP contribution in [0.2, 0.25) is 0 Å². The van der Waals surface area contributed by atoms with E-state index in [0.29, 0.717) is 50.0 Å². The molecule has 0 spiro atoms. The van der Waals surface area contributed by atoms with Gasteiger partial charge in [0.05, 0.1) is 24.5 Å². The standard InChI is InChI=1S/C20H22N4O5S/c1-10-15-19(30-16(10)17(22)26)23-18(24(20(15)27)8-4-5-14(21)25)11-6-7-12(28-2)13(9-11)29-3/h6-7,9H,4-5,8H2,1-3H3,(H2,21,25)(H2,22,26). The highest BCUT2D eigenvalue weighted by molar-refractivity contribution is 7.20. The van der Waals surface area contributed by atoms with E-state index in [1.165, 1.54) is 18.8 Å². The topological polar surface area (TPSA) is 140 Å². The number of hydrogen-bond acceptors (Lipinski definition) is 7. The van der Waals surface area contributed by atoms with E-state index in [4.69, 9.17) is 20.9 Å². The molecule has 2 heterocycles. The van der Waals surface area contributed by atoms with Crippen molar-refractivity contribution in [3.8, 4) is 22.9 Å². The molecule has 3 rings (SSSR count). The van der Waals surface area contributed by atoms with Crippen molar-refractivity contribution in [1.29, 1.82) is 0 Å². The molecule has 0 aliphatic heterocycles. The predicted molar refractivity (Wildman–Crippen MR) is 114 cm³/mol. The van der Waals surface area contributed by atoms with Crippen LogP contribution in [-0.2, 0) is 11.3 Å². The van der Waals surface area contributed by atoms with Crippen molar-refractivity contribution in [1.82, 2.24) is 9.55 Å². The summed E-state index contributed by atoms with van der Waals surface area (Å²) in [5, 5.41) is 0.345. The highest BCUT2D eigenvalue weighted by atomic mass is 32.1. The molecule has 3 aromatic rings. The van der Waals surface area contributed by atoms with Gasteiger partial charge in [-0.2, -0.15) is 0 Å². The van der Waals surface area contributed by atoms with E-state index in [1.54, 1.807) is 25.1 Å². The Labute approximate surface area is 176 Å². The van der Waals surface area contributed by atoms with Crippen molar-refractivity contribution in [2.45, 2.75) is 26.3 Å². The molecule has 0 saturated heterocycles. The lowest BCUT2D eigenvalue weighted by atomic mass is 10.1. The number of fused-ring (bicyclic) bond motifs is 1. The number of aromatic nitrogens is 2. The molecule has 30 heavy (non-hydrogen) atoms. The summed E-state index contributed by atoms with van der Waals surface area (Å²) in [5.41, 5.74) is 11.5. The lowest BCUT2D eigenvalue weighted by Crippen LogP contribution is -2.24. The number of methoxy groups -OCH3 is 2. The van der Waals surface area contributed by atoms with Crippen molar-refractivity contribution in [2.24, 2.45) is 11.5 Å². The maximum absolute atomic E-state index is 13.3. The van der Waals surface area contributed by atoms with Gasteiger partial charge in [0.1, 0.15) is 10.7 Å². The Morgan fingerprint density at radius 1 is 1.17 bits per heavy atom. The number of nitrogens with two attached hydrogens (primary N) is 2. The van der Waals surface area contributed by atoms with Crippen LogP contribution >= 0.6 is 11.3 Å². The molecule has 1 aromatic carbocycles. The molecule has 2 aromatic heterocycles. The van der Waals surface area contributed by atoms with Crippen molar-refractivity contribution in [3.63, 3.8) is 0 Å². The maximum Gasteiger partial charge on any atom is 0.262 e. The van der Waals surface area contributed by atoms with Gasteiger partial charge < -0.3 is 20.9 Å². The first kappa shape index (κ1) is 21.3. The number of amides is 2. The molecule has 0 saturated carbocycles. The fourth-order valence-corrected chi connectivity index (χ4v) is 4.29. The summed E-state index contributed by atoms with van der Waals surface area (Å²) in [6, 6.07) is 5.19. The van der Waals surface area contributed by atoms with Crippen LogP contribution in [0.3, 0.4) is 0 Å². The number of carbonyl (C=O) groups excluding carboxylic acids is 2. The highest BCUT2D eigenvalue weighted by Gasteiger charge is 2.21. The van der Waals surface area contributed by atoms with Gasteiger partial charge in [0.2, 0.25) is 5.91 Å². The van der Waals surface area contributed by atoms with E-state index in [0.717, 1.165) is 11.3 Å². The van der Waals surface area contributed by atoms with Crippen LogP contribution in [0.4, 0.5) is 0 Å². The van der Waals surface area contributed by atoms with Gasteiger partial charge in [-0.05, 0) is 37.1 Å². The second kappa shape index (κ2) is 8.54. The molecule has 158 valence electrons. The minimum absolute atomic E-state index is 0.130. The van der Waals surface area contributed by atoms with Crippen LogP contribution in [0.25, 0.3) is 21.6 Å². The Hall–Kier alpha value is -3.40. The van der Waals surface area contributed by atoms with E-state index >= 15 is 0 Å². The van der Waals surface area contributed by atoms with E-state index in [-0.39, 0.29) is 18.5 Å². The van der Waals surface area contributed by atoms with Crippen LogP contribution in [0.1, 0.15) is 28.1 Å². The van der Waals surface area contributed by atoms with Gasteiger partial charge in [-0.3, -0.25) is 19.0 Å². The Balaban J connectivity index is 2.26. The molecule has 0 aliphatic rings. The van der Waals surface area contributed by atoms with Gasteiger partial charge >= 0.3 is 0 Å². The summed E-state index contributed by atoms with van der Waals surface area (Å²) in [4.78, 5) is 41.6. The second-order valence-electron chi connectivity index (χ2n) is 6.63. The lowest BCUT2D eigenvalue weighted by molar-refractivity contribution is -0.118. The molecule has 0 unspecified atom stereocenters. The van der Waals surface area contributed by atoms with E-state index in [1.807, 2.05) is 0 Å². The van der Waals surface area contributed by atoms with Crippen LogP contribution < -0.4 is 26.5 Å². The summed E-state index contributed by atoms with van der Waals surface area (Å²) < 4.78 is 12.1. The molecular formula is C20H22N4O5S. The zero-order valence-electron chi connectivity index (χ0n) is 16.9. The average molecular weight is 430 g/mol. The van der Waals surface area contributed by atoms with Crippen molar-refractivity contribution < 1.29 is 19.1 Å². The highest BCUT2D eigenvalue weighted by Crippen LogP contribution is 2.33. The van der Waals surface area contributed by atoms with Crippen molar-refractivity contribution in [2.75, 3.05) is 14.2 Å². The summed E-state index contributed by atoms with van der Waals surface area (Å²) in [6.07, 6.45) is 0.500. The van der Waals surface area contributed by atoms with Crippen LogP contribution in [-0.4, -0.2) is 35.6 Å². The van der Waals surface area contributed by atoms with Gasteiger partial charge in [-0.15, -0.1) is 11.3 Å². The summed E-state index contributed by atoms with van der Waals surface area (Å²) in [5.74, 6) is 0.340. The number of ether oxygens (including phenoxy) is 2. The molecule has 0 bridgehead atoms. The number of carbonyl (C=O) groups is 2.